The second-order valence-electron chi connectivity index (χ2n) is 3.54. The number of nitrogens with one attached hydrogen (secondary N) is 1. The zero-order valence-electron chi connectivity index (χ0n) is 10.3. The summed E-state index contributed by atoms with van der Waals surface area (Å²) in [5, 5.41) is 2.58. The van der Waals surface area contributed by atoms with Gasteiger partial charge < -0.3 is 15.8 Å². The van der Waals surface area contributed by atoms with Crippen LogP contribution in [0.1, 0.15) is 23.7 Å². The van der Waals surface area contributed by atoms with Gasteiger partial charge in [0.1, 0.15) is 6.04 Å². The van der Waals surface area contributed by atoms with E-state index in [0.29, 0.717) is 17.7 Å². The number of hydrogen-bond donors (Lipinski definition) is 2. The molecule has 0 spiro atoms. The Kier molecular flexibility index (Phi) is 6.82. The number of ether oxygens (including phenoxy) is 1. The standard InChI is InChI=1S/C12H16N2O3.ClH/c1-3-10(12(16)17-2)14-11(15)8-6-4-5-7-9(8)13;/h4-7,10H,3,13H2,1-2H3,(H,14,15);1H. The quantitative estimate of drug-likeness (QED) is 0.641. The second kappa shape index (κ2) is 7.55. The number of halogens is 1. The van der Waals surface area contributed by atoms with Gasteiger partial charge in [0.2, 0.25) is 0 Å². The highest BCUT2D eigenvalue weighted by molar-refractivity contribution is 6.00. The number of carbonyl (C=O) groups is 2. The maximum Gasteiger partial charge on any atom is 0.328 e. The first kappa shape index (κ1) is 16.2. The third kappa shape index (κ3) is 3.92. The maximum absolute atomic E-state index is 11.9. The summed E-state index contributed by atoms with van der Waals surface area (Å²) in [7, 11) is 1.29. The monoisotopic (exact) mass is 272 g/mol. The van der Waals surface area contributed by atoms with Gasteiger partial charge in [0.25, 0.3) is 5.91 Å². The summed E-state index contributed by atoms with van der Waals surface area (Å²) in [6.45, 7) is 1.79. The number of carbonyl (C=O) groups excluding carboxylic acids is 2. The number of benzene rings is 1. The Morgan fingerprint density at radius 2 is 2.00 bits per heavy atom. The fourth-order valence-corrected chi connectivity index (χ4v) is 1.41. The lowest BCUT2D eigenvalue weighted by molar-refractivity contribution is -0.142. The minimum Gasteiger partial charge on any atom is -0.467 e. The fourth-order valence-electron chi connectivity index (χ4n) is 1.41. The first-order valence-corrected chi connectivity index (χ1v) is 5.33. The van der Waals surface area contributed by atoms with Gasteiger partial charge in [-0.25, -0.2) is 4.79 Å². The zero-order valence-corrected chi connectivity index (χ0v) is 11.1. The fraction of sp³-hybridized carbons (Fsp3) is 0.333. The van der Waals surface area contributed by atoms with Crippen molar-refractivity contribution in [2.24, 2.45) is 0 Å². The van der Waals surface area contributed by atoms with Crippen LogP contribution in [0.3, 0.4) is 0 Å². The highest BCUT2D eigenvalue weighted by Crippen LogP contribution is 2.10. The average Bonchev–Trinajstić information content (AvgIpc) is 2.35. The lowest BCUT2D eigenvalue weighted by Crippen LogP contribution is -2.41. The van der Waals surface area contributed by atoms with Crippen LogP contribution in [-0.4, -0.2) is 25.0 Å². The third-order valence-electron chi connectivity index (χ3n) is 2.40. The molecule has 0 aliphatic heterocycles. The van der Waals surface area contributed by atoms with Crippen molar-refractivity contribution in [3.8, 4) is 0 Å². The minimum absolute atomic E-state index is 0. The van der Waals surface area contributed by atoms with E-state index in [2.05, 4.69) is 10.1 Å². The van der Waals surface area contributed by atoms with Gasteiger partial charge in [0.15, 0.2) is 0 Å². The number of nitrogens with two attached hydrogens (primary N) is 1. The van der Waals surface area contributed by atoms with Crippen LogP contribution in [0.15, 0.2) is 24.3 Å². The number of hydrogen-bond acceptors (Lipinski definition) is 4. The Hall–Kier alpha value is -1.75. The number of nitrogen functional groups attached to an aromatic ring is 1. The summed E-state index contributed by atoms with van der Waals surface area (Å²) in [5.41, 5.74) is 6.41. The highest BCUT2D eigenvalue weighted by Gasteiger charge is 2.20. The van der Waals surface area contributed by atoms with Gasteiger partial charge in [-0.1, -0.05) is 19.1 Å². The second-order valence-corrected chi connectivity index (χ2v) is 3.54. The summed E-state index contributed by atoms with van der Waals surface area (Å²) in [6.07, 6.45) is 0.463. The van der Waals surface area contributed by atoms with Crippen LogP contribution < -0.4 is 11.1 Å². The molecule has 0 fully saturated rings. The maximum atomic E-state index is 11.9. The number of rotatable bonds is 4. The van der Waals surface area contributed by atoms with Gasteiger partial charge in [0, 0.05) is 5.69 Å². The van der Waals surface area contributed by atoms with E-state index in [0.717, 1.165) is 0 Å². The predicted octanol–water partition coefficient (Wildman–Crippen LogP) is 1.37. The molecule has 1 atom stereocenters. The molecule has 100 valence electrons. The topological polar surface area (TPSA) is 81.4 Å². The summed E-state index contributed by atoms with van der Waals surface area (Å²) >= 11 is 0. The molecule has 0 aliphatic carbocycles. The Labute approximate surface area is 112 Å². The van der Waals surface area contributed by atoms with E-state index in [9.17, 15) is 9.59 Å². The average molecular weight is 273 g/mol. The number of anilines is 1. The molecule has 5 nitrogen and oxygen atoms in total. The Bertz CT molecular complexity index is 424. The van der Waals surface area contributed by atoms with Crippen LogP contribution in [0.2, 0.25) is 0 Å². The molecule has 1 aromatic carbocycles. The number of methoxy groups -OCH3 is 1. The van der Waals surface area contributed by atoms with Crippen molar-refractivity contribution >= 4 is 30.0 Å². The van der Waals surface area contributed by atoms with Crippen molar-refractivity contribution in [3.63, 3.8) is 0 Å². The van der Waals surface area contributed by atoms with Crippen LogP contribution in [0.5, 0.6) is 0 Å². The van der Waals surface area contributed by atoms with Gasteiger partial charge in [-0.2, -0.15) is 0 Å². The lowest BCUT2D eigenvalue weighted by Gasteiger charge is -2.15. The summed E-state index contributed by atoms with van der Waals surface area (Å²) in [5.74, 6) is -0.837. The summed E-state index contributed by atoms with van der Waals surface area (Å²) in [6, 6.07) is 6.05. The van der Waals surface area contributed by atoms with E-state index in [4.69, 9.17) is 5.73 Å². The number of amides is 1. The van der Waals surface area contributed by atoms with Gasteiger partial charge in [-0.05, 0) is 18.6 Å². The molecule has 1 amide bonds. The normalized spacial score (nSPS) is 11.0. The van der Waals surface area contributed by atoms with E-state index in [1.807, 2.05) is 0 Å². The number of para-hydroxylation sites is 1. The van der Waals surface area contributed by atoms with Crippen molar-refractivity contribution in [2.45, 2.75) is 19.4 Å². The van der Waals surface area contributed by atoms with Crippen LogP contribution in [0, 0.1) is 0 Å². The first-order valence-electron chi connectivity index (χ1n) is 5.33. The largest absolute Gasteiger partial charge is 0.467 e. The summed E-state index contributed by atoms with van der Waals surface area (Å²) < 4.78 is 4.59. The first-order chi connectivity index (χ1) is 8.10. The van der Waals surface area contributed by atoms with Gasteiger partial charge >= 0.3 is 5.97 Å². The van der Waals surface area contributed by atoms with Gasteiger partial charge in [-0.15, -0.1) is 12.4 Å². The molecular formula is C12H17ClN2O3. The molecule has 6 heteroatoms. The molecule has 0 heterocycles. The molecule has 0 aromatic heterocycles. The minimum atomic E-state index is -0.646. The lowest BCUT2D eigenvalue weighted by atomic mass is 10.1. The van der Waals surface area contributed by atoms with Crippen molar-refractivity contribution < 1.29 is 14.3 Å². The van der Waals surface area contributed by atoms with Crippen molar-refractivity contribution in [1.29, 1.82) is 0 Å². The van der Waals surface area contributed by atoms with Gasteiger partial charge in [-0.3, -0.25) is 4.79 Å². The molecule has 18 heavy (non-hydrogen) atoms. The third-order valence-corrected chi connectivity index (χ3v) is 2.40. The van der Waals surface area contributed by atoms with Crippen LogP contribution >= 0.6 is 12.4 Å². The van der Waals surface area contributed by atoms with E-state index in [1.54, 1.807) is 31.2 Å². The van der Waals surface area contributed by atoms with E-state index < -0.39 is 12.0 Å². The van der Waals surface area contributed by atoms with Crippen molar-refractivity contribution in [2.75, 3.05) is 12.8 Å². The van der Waals surface area contributed by atoms with E-state index >= 15 is 0 Å². The van der Waals surface area contributed by atoms with Crippen LogP contribution in [0.25, 0.3) is 0 Å². The Morgan fingerprint density at radius 3 is 2.50 bits per heavy atom. The smallest absolute Gasteiger partial charge is 0.328 e. The molecule has 0 radical (unpaired) electrons. The molecular weight excluding hydrogens is 256 g/mol. The Morgan fingerprint density at radius 1 is 1.39 bits per heavy atom. The molecule has 0 saturated heterocycles. The highest BCUT2D eigenvalue weighted by atomic mass is 35.5. The molecule has 1 rings (SSSR count). The van der Waals surface area contributed by atoms with Crippen molar-refractivity contribution in [3.05, 3.63) is 29.8 Å². The molecule has 0 aliphatic rings. The molecule has 0 saturated carbocycles. The van der Waals surface area contributed by atoms with E-state index in [-0.39, 0.29) is 18.3 Å². The number of esters is 1. The predicted molar refractivity (Wildman–Crippen MR) is 71.7 cm³/mol. The summed E-state index contributed by atoms with van der Waals surface area (Å²) in [4.78, 5) is 23.2. The van der Waals surface area contributed by atoms with Crippen LogP contribution in [0.4, 0.5) is 5.69 Å². The van der Waals surface area contributed by atoms with E-state index in [1.165, 1.54) is 7.11 Å². The molecule has 3 N–H and O–H groups in total. The van der Waals surface area contributed by atoms with Crippen molar-refractivity contribution in [1.82, 2.24) is 5.32 Å². The zero-order chi connectivity index (χ0) is 12.8. The Balaban J connectivity index is 0.00000289. The molecule has 1 aromatic rings. The molecule has 1 unspecified atom stereocenters. The van der Waals surface area contributed by atoms with Crippen LogP contribution in [-0.2, 0) is 9.53 Å². The SMILES string of the molecule is CCC(NC(=O)c1ccccc1N)C(=O)OC.Cl. The van der Waals surface area contributed by atoms with Gasteiger partial charge in [0.05, 0.1) is 12.7 Å². The molecule has 0 bridgehead atoms.